The van der Waals surface area contributed by atoms with Crippen molar-refractivity contribution in [2.45, 2.75) is 27.7 Å². The van der Waals surface area contributed by atoms with Gasteiger partial charge in [-0.1, -0.05) is 39.3 Å². The van der Waals surface area contributed by atoms with Crippen LogP contribution in [0.2, 0.25) is 5.02 Å². The fourth-order valence-corrected chi connectivity index (χ4v) is 1.69. The maximum absolute atomic E-state index is 11.8. The van der Waals surface area contributed by atoms with Crippen molar-refractivity contribution in [1.29, 1.82) is 0 Å². The summed E-state index contributed by atoms with van der Waals surface area (Å²) in [6.45, 7) is 8.92. The van der Waals surface area contributed by atoms with Crippen molar-refractivity contribution in [1.82, 2.24) is 5.32 Å². The molecule has 0 saturated carbocycles. The molecule has 0 heterocycles. The van der Waals surface area contributed by atoms with Gasteiger partial charge in [0.1, 0.15) is 0 Å². The molecule has 0 saturated heterocycles. The Morgan fingerprint density at radius 3 is 2.48 bits per heavy atom. The molecule has 0 fully saturated rings. The van der Waals surface area contributed by atoms with Crippen LogP contribution in [0.25, 0.3) is 0 Å². The number of carbonyl (C=O) groups excluding carboxylic acids is 1. The van der Waals surface area contributed by atoms with Gasteiger partial charge < -0.3 is 15.7 Å². The normalized spacial score (nSPS) is 12.6. The molecule has 21 heavy (non-hydrogen) atoms. The van der Waals surface area contributed by atoms with E-state index in [4.69, 9.17) is 16.7 Å². The van der Waals surface area contributed by atoms with Crippen LogP contribution >= 0.6 is 11.6 Å². The molecular weight excluding hydrogens is 292 g/mol. The zero-order chi connectivity index (χ0) is 16.2. The smallest absolute Gasteiger partial charge is 0.337 e. The molecule has 116 valence electrons. The highest BCUT2D eigenvalue weighted by atomic mass is 35.5. The Kier molecular flexibility index (Phi) is 5.61. The van der Waals surface area contributed by atoms with Crippen molar-refractivity contribution >= 4 is 29.3 Å². The number of halogens is 1. The number of anilines is 1. The fourth-order valence-electron chi connectivity index (χ4n) is 1.49. The Balaban J connectivity index is 2.64. The quantitative estimate of drug-likeness (QED) is 0.790. The first kappa shape index (κ1) is 17.3. The minimum atomic E-state index is -1.13. The van der Waals surface area contributed by atoms with Crippen LogP contribution in [0.15, 0.2) is 18.2 Å². The molecule has 1 atom stereocenters. The number of carbonyl (C=O) groups is 2. The van der Waals surface area contributed by atoms with Crippen molar-refractivity contribution in [2.24, 2.45) is 11.3 Å². The molecule has 0 aliphatic carbocycles. The van der Waals surface area contributed by atoms with Gasteiger partial charge in [0.2, 0.25) is 0 Å². The first-order valence-electron chi connectivity index (χ1n) is 6.69. The zero-order valence-electron chi connectivity index (χ0n) is 12.7. The third-order valence-electron chi connectivity index (χ3n) is 3.50. The van der Waals surface area contributed by atoms with Gasteiger partial charge in [0.15, 0.2) is 0 Å². The third kappa shape index (κ3) is 5.27. The zero-order valence-corrected chi connectivity index (χ0v) is 13.4. The summed E-state index contributed by atoms with van der Waals surface area (Å²) in [5.74, 6) is -0.825. The van der Waals surface area contributed by atoms with E-state index in [1.54, 1.807) is 6.07 Å². The van der Waals surface area contributed by atoms with E-state index in [9.17, 15) is 9.59 Å². The molecule has 0 aliphatic heterocycles. The maximum Gasteiger partial charge on any atom is 0.337 e. The summed E-state index contributed by atoms with van der Waals surface area (Å²) in [6.07, 6.45) is 0. The van der Waals surface area contributed by atoms with Gasteiger partial charge in [0, 0.05) is 12.2 Å². The molecule has 0 spiro atoms. The monoisotopic (exact) mass is 312 g/mol. The van der Waals surface area contributed by atoms with Crippen molar-refractivity contribution in [3.8, 4) is 0 Å². The van der Waals surface area contributed by atoms with Crippen LogP contribution in [0.3, 0.4) is 0 Å². The number of urea groups is 1. The Morgan fingerprint density at radius 2 is 1.95 bits per heavy atom. The van der Waals surface area contributed by atoms with E-state index < -0.39 is 5.97 Å². The molecule has 1 rings (SSSR count). The highest BCUT2D eigenvalue weighted by Gasteiger charge is 2.20. The molecule has 1 aromatic rings. The van der Waals surface area contributed by atoms with Crippen LogP contribution in [-0.4, -0.2) is 23.7 Å². The molecule has 1 unspecified atom stereocenters. The van der Waals surface area contributed by atoms with Gasteiger partial charge in [-0.25, -0.2) is 9.59 Å². The molecule has 0 aliphatic rings. The summed E-state index contributed by atoms with van der Waals surface area (Å²) in [5, 5.41) is 14.5. The number of hydrogen-bond acceptors (Lipinski definition) is 2. The lowest BCUT2D eigenvalue weighted by atomic mass is 9.82. The van der Waals surface area contributed by atoms with Crippen molar-refractivity contribution in [2.75, 3.05) is 11.9 Å². The summed E-state index contributed by atoms with van der Waals surface area (Å²) >= 11 is 5.77. The molecule has 6 heteroatoms. The van der Waals surface area contributed by atoms with Crippen LogP contribution in [0, 0.1) is 11.3 Å². The van der Waals surface area contributed by atoms with Gasteiger partial charge in [-0.15, -0.1) is 0 Å². The van der Waals surface area contributed by atoms with E-state index in [0.717, 1.165) is 0 Å². The summed E-state index contributed by atoms with van der Waals surface area (Å²) in [7, 11) is 0. The lowest BCUT2D eigenvalue weighted by Gasteiger charge is -2.27. The highest BCUT2D eigenvalue weighted by Crippen LogP contribution is 2.24. The topological polar surface area (TPSA) is 78.4 Å². The predicted molar refractivity (Wildman–Crippen MR) is 84.1 cm³/mol. The number of rotatable bonds is 4. The summed E-state index contributed by atoms with van der Waals surface area (Å²) in [5.41, 5.74) is 0.444. The minimum absolute atomic E-state index is 0.0440. The number of nitrogens with one attached hydrogen (secondary N) is 2. The van der Waals surface area contributed by atoms with Crippen LogP contribution in [0.4, 0.5) is 10.5 Å². The number of hydrogen-bond donors (Lipinski definition) is 3. The summed E-state index contributed by atoms with van der Waals surface area (Å²) < 4.78 is 0. The Labute approximate surface area is 129 Å². The number of carboxylic acids is 1. The van der Waals surface area contributed by atoms with Crippen molar-refractivity contribution in [3.63, 3.8) is 0 Å². The van der Waals surface area contributed by atoms with Gasteiger partial charge >= 0.3 is 12.0 Å². The first-order valence-corrected chi connectivity index (χ1v) is 7.06. The molecule has 3 N–H and O–H groups in total. The van der Waals surface area contributed by atoms with Gasteiger partial charge in [-0.3, -0.25) is 0 Å². The molecule has 0 radical (unpaired) electrons. The average molecular weight is 313 g/mol. The van der Waals surface area contributed by atoms with E-state index in [1.807, 2.05) is 0 Å². The predicted octanol–water partition coefficient (Wildman–Crippen LogP) is 3.84. The second-order valence-corrected chi connectivity index (χ2v) is 6.51. The van der Waals surface area contributed by atoms with Gasteiger partial charge in [-0.05, 0) is 29.5 Å². The van der Waals surface area contributed by atoms with E-state index in [-0.39, 0.29) is 22.0 Å². The fraction of sp³-hybridized carbons (Fsp3) is 0.467. The van der Waals surface area contributed by atoms with E-state index in [2.05, 4.69) is 38.3 Å². The Morgan fingerprint density at radius 1 is 1.33 bits per heavy atom. The molecular formula is C15H21ClN2O3. The molecule has 5 nitrogen and oxygen atoms in total. The number of carboxylic acid groups (broad SMARTS) is 1. The van der Waals surface area contributed by atoms with Crippen LogP contribution in [0.1, 0.15) is 38.1 Å². The SMILES string of the molecule is CC(CNC(=O)Nc1ccc(Cl)c(C(=O)O)c1)C(C)(C)C. The largest absolute Gasteiger partial charge is 0.478 e. The van der Waals surface area contributed by atoms with Crippen molar-refractivity contribution < 1.29 is 14.7 Å². The number of benzene rings is 1. The molecule has 1 aromatic carbocycles. The van der Waals surface area contributed by atoms with Crippen molar-refractivity contribution in [3.05, 3.63) is 28.8 Å². The van der Waals surface area contributed by atoms with Crippen LogP contribution < -0.4 is 10.6 Å². The lowest BCUT2D eigenvalue weighted by Crippen LogP contribution is -2.36. The standard InChI is InChI=1S/C15H21ClN2O3/c1-9(15(2,3)4)8-17-14(21)18-10-5-6-12(16)11(7-10)13(19)20/h5-7,9H,8H2,1-4H3,(H,19,20)(H2,17,18,21). The van der Waals surface area contributed by atoms with E-state index >= 15 is 0 Å². The average Bonchev–Trinajstić information content (AvgIpc) is 2.36. The molecule has 0 aromatic heterocycles. The highest BCUT2D eigenvalue weighted by molar-refractivity contribution is 6.33. The lowest BCUT2D eigenvalue weighted by molar-refractivity contribution is 0.0697. The maximum atomic E-state index is 11.8. The Hall–Kier alpha value is -1.75. The third-order valence-corrected chi connectivity index (χ3v) is 3.83. The van der Waals surface area contributed by atoms with Gasteiger partial charge in [-0.2, -0.15) is 0 Å². The van der Waals surface area contributed by atoms with Gasteiger partial charge in [0.05, 0.1) is 10.6 Å². The molecule has 0 bridgehead atoms. The number of amides is 2. The second kappa shape index (κ2) is 6.80. The molecule has 2 amide bonds. The van der Waals surface area contributed by atoms with E-state index in [1.165, 1.54) is 12.1 Å². The van der Waals surface area contributed by atoms with E-state index in [0.29, 0.717) is 18.2 Å². The van der Waals surface area contributed by atoms with Crippen LogP contribution in [-0.2, 0) is 0 Å². The first-order chi connectivity index (χ1) is 9.61. The summed E-state index contributed by atoms with van der Waals surface area (Å²) in [4.78, 5) is 22.8. The summed E-state index contributed by atoms with van der Waals surface area (Å²) in [6, 6.07) is 3.96. The van der Waals surface area contributed by atoms with Gasteiger partial charge in [0.25, 0.3) is 0 Å². The minimum Gasteiger partial charge on any atom is -0.478 e. The van der Waals surface area contributed by atoms with Crippen LogP contribution in [0.5, 0.6) is 0 Å². The number of aromatic carboxylic acids is 1. The Bertz CT molecular complexity index is 538. The second-order valence-electron chi connectivity index (χ2n) is 6.10.